The SMILES string of the molecule is COC(=O)[C@@]12CC[C@]3(C)[C@H](C(=O)C=C4[C@@]5(C)[C@H]6O[C@@]6(C#N)C(=O)C(C)(C)[C@@H]5CC[C@]43C)[C@@H]1CC(C)(C)[C@@H](O)C2. The summed E-state index contributed by atoms with van der Waals surface area (Å²) in [7, 11) is 1.40. The molecular formula is C32H43NO6. The summed E-state index contributed by atoms with van der Waals surface area (Å²) in [5.74, 6) is -1.09. The molecule has 7 nitrogen and oxygen atoms in total. The third kappa shape index (κ3) is 2.79. The number of fused-ring (bicyclic) bond motifs is 9. The van der Waals surface area contributed by atoms with Crippen LogP contribution in [0.25, 0.3) is 0 Å². The predicted molar refractivity (Wildman–Crippen MR) is 142 cm³/mol. The molecule has 0 aromatic heterocycles. The van der Waals surface area contributed by atoms with Gasteiger partial charge < -0.3 is 14.6 Å². The molecule has 0 radical (unpaired) electrons. The fraction of sp³-hybridized carbons (Fsp3) is 0.812. The van der Waals surface area contributed by atoms with E-state index in [0.29, 0.717) is 25.7 Å². The molecule has 5 fully saturated rings. The Balaban J connectivity index is 1.52. The minimum absolute atomic E-state index is 0.0231. The Kier molecular flexibility index (Phi) is 5.16. The Morgan fingerprint density at radius 1 is 1.08 bits per heavy atom. The van der Waals surface area contributed by atoms with E-state index in [1.165, 1.54) is 7.11 Å². The minimum atomic E-state index is -1.44. The number of hydrogen-bond donors (Lipinski definition) is 1. The molecule has 0 spiro atoms. The van der Waals surface area contributed by atoms with Gasteiger partial charge in [0.2, 0.25) is 5.60 Å². The van der Waals surface area contributed by atoms with Crippen molar-refractivity contribution in [1.82, 2.24) is 0 Å². The average Bonchev–Trinajstić information content (AvgIpc) is 3.62. The van der Waals surface area contributed by atoms with Crippen LogP contribution in [0.2, 0.25) is 0 Å². The van der Waals surface area contributed by atoms with Gasteiger partial charge in [0.15, 0.2) is 11.6 Å². The van der Waals surface area contributed by atoms with Gasteiger partial charge in [-0.2, -0.15) is 5.26 Å². The van der Waals surface area contributed by atoms with Crippen LogP contribution in [0.3, 0.4) is 0 Å². The van der Waals surface area contributed by atoms with E-state index in [0.717, 1.165) is 18.4 Å². The number of rotatable bonds is 1. The van der Waals surface area contributed by atoms with Crippen molar-refractivity contribution in [3.63, 3.8) is 0 Å². The van der Waals surface area contributed by atoms with E-state index in [4.69, 9.17) is 9.47 Å². The Hall–Kier alpha value is -2.04. The van der Waals surface area contributed by atoms with Crippen molar-refractivity contribution in [1.29, 1.82) is 5.26 Å². The smallest absolute Gasteiger partial charge is 0.312 e. The fourth-order valence-corrected chi connectivity index (χ4v) is 11.0. The van der Waals surface area contributed by atoms with Crippen molar-refractivity contribution in [2.45, 2.75) is 105 Å². The second-order valence-corrected chi connectivity index (χ2v) is 15.6. The van der Waals surface area contributed by atoms with E-state index >= 15 is 0 Å². The zero-order valence-electron chi connectivity index (χ0n) is 24.6. The van der Waals surface area contributed by atoms with Crippen LogP contribution >= 0.6 is 0 Å². The Bertz CT molecular complexity index is 1280. The summed E-state index contributed by atoms with van der Waals surface area (Å²) in [5, 5.41) is 21.2. The molecule has 1 heterocycles. The van der Waals surface area contributed by atoms with Crippen molar-refractivity contribution in [3.05, 3.63) is 11.6 Å². The van der Waals surface area contributed by atoms with Crippen LogP contribution in [0.5, 0.6) is 0 Å². The van der Waals surface area contributed by atoms with Crippen molar-refractivity contribution < 1.29 is 29.0 Å². The number of epoxide rings is 1. The predicted octanol–water partition coefficient (Wildman–Crippen LogP) is 4.56. The molecule has 212 valence electrons. The third-order valence-corrected chi connectivity index (χ3v) is 13.5. The zero-order valence-corrected chi connectivity index (χ0v) is 24.6. The standard InChI is InChI=1S/C32H43NO6/c1-26(2)14-17-22-18(34)13-20-28(5,29(22,6)11-12-31(17,15-21(26)35)25(37)38-8)10-9-19-27(3,4)23(36)32(16-33)24(39-32)30(19,20)7/h13,17,19,21-22,24,35H,9-12,14-15H2,1-8H3/t17-,19-,21-,22-,24+,28+,29+,30-,31+,32-/m0/s1. The number of ketones is 2. The summed E-state index contributed by atoms with van der Waals surface area (Å²) in [6.07, 6.45) is 4.35. The maximum absolute atomic E-state index is 14.5. The lowest BCUT2D eigenvalue weighted by molar-refractivity contribution is -0.204. The Labute approximate surface area is 231 Å². The molecule has 0 bridgehead atoms. The number of aliphatic hydroxyl groups is 1. The number of aliphatic hydroxyl groups excluding tert-OH is 1. The largest absolute Gasteiger partial charge is 0.469 e. The highest BCUT2D eigenvalue weighted by molar-refractivity contribution is 6.01. The summed E-state index contributed by atoms with van der Waals surface area (Å²) in [6.45, 7) is 14.6. The maximum Gasteiger partial charge on any atom is 0.312 e. The Morgan fingerprint density at radius 2 is 1.74 bits per heavy atom. The molecule has 0 unspecified atom stereocenters. The molecule has 6 rings (SSSR count). The number of carbonyl (C=O) groups excluding carboxylic acids is 3. The number of Topliss-reactive ketones (excluding diaryl/α,β-unsaturated/α-hetero) is 1. The van der Waals surface area contributed by atoms with Crippen molar-refractivity contribution >= 4 is 17.5 Å². The average molecular weight is 538 g/mol. The highest BCUT2D eigenvalue weighted by Crippen LogP contribution is 2.77. The highest BCUT2D eigenvalue weighted by Gasteiger charge is 2.82. The topological polar surface area (TPSA) is 117 Å². The number of allylic oxidation sites excluding steroid dienone is 1. The first-order valence-corrected chi connectivity index (χ1v) is 14.6. The second kappa shape index (κ2) is 7.42. The van der Waals surface area contributed by atoms with Gasteiger partial charge in [0.25, 0.3) is 0 Å². The monoisotopic (exact) mass is 537 g/mol. The summed E-state index contributed by atoms with van der Waals surface area (Å²) in [6, 6.07) is 2.22. The van der Waals surface area contributed by atoms with Crippen molar-refractivity contribution in [2.24, 2.45) is 50.2 Å². The van der Waals surface area contributed by atoms with Crippen LogP contribution < -0.4 is 0 Å². The van der Waals surface area contributed by atoms with Crippen LogP contribution in [-0.4, -0.2) is 47.6 Å². The lowest BCUT2D eigenvalue weighted by Gasteiger charge is -2.69. The molecule has 5 aliphatic carbocycles. The van der Waals surface area contributed by atoms with E-state index in [9.17, 15) is 24.8 Å². The van der Waals surface area contributed by atoms with Crippen LogP contribution in [0.15, 0.2) is 11.6 Å². The van der Waals surface area contributed by atoms with Gasteiger partial charge in [0.05, 0.1) is 18.6 Å². The Morgan fingerprint density at radius 3 is 2.36 bits per heavy atom. The highest BCUT2D eigenvalue weighted by atomic mass is 16.6. The second-order valence-electron chi connectivity index (χ2n) is 15.6. The van der Waals surface area contributed by atoms with Gasteiger partial charge >= 0.3 is 5.97 Å². The first-order valence-electron chi connectivity index (χ1n) is 14.6. The van der Waals surface area contributed by atoms with Crippen LogP contribution in [0, 0.1) is 61.6 Å². The molecule has 1 N–H and O–H groups in total. The van der Waals surface area contributed by atoms with Crippen LogP contribution in [-0.2, 0) is 23.9 Å². The lowest BCUT2D eigenvalue weighted by Crippen LogP contribution is -2.68. The van der Waals surface area contributed by atoms with Crippen molar-refractivity contribution in [3.8, 4) is 6.07 Å². The molecule has 6 aliphatic rings. The third-order valence-electron chi connectivity index (χ3n) is 13.5. The molecule has 7 heteroatoms. The summed E-state index contributed by atoms with van der Waals surface area (Å²) in [5.41, 5.74) is -3.91. The number of esters is 1. The van der Waals surface area contributed by atoms with Gasteiger partial charge in [0.1, 0.15) is 12.2 Å². The molecule has 0 aromatic rings. The number of ether oxygens (including phenoxy) is 2. The first-order chi connectivity index (χ1) is 17.9. The van der Waals surface area contributed by atoms with Gasteiger partial charge in [-0.1, -0.05) is 54.0 Å². The maximum atomic E-state index is 14.5. The van der Waals surface area contributed by atoms with E-state index in [2.05, 4.69) is 26.8 Å². The quantitative estimate of drug-likeness (QED) is 0.385. The number of hydrogen-bond acceptors (Lipinski definition) is 7. The van der Waals surface area contributed by atoms with Gasteiger partial charge in [-0.15, -0.1) is 0 Å². The molecule has 10 atom stereocenters. The molecule has 0 aromatic carbocycles. The molecule has 1 aliphatic heterocycles. The van der Waals surface area contributed by atoms with E-state index in [1.807, 2.05) is 33.8 Å². The van der Waals surface area contributed by atoms with Crippen molar-refractivity contribution in [2.75, 3.05) is 7.11 Å². The van der Waals surface area contributed by atoms with Gasteiger partial charge in [-0.25, -0.2) is 0 Å². The van der Waals surface area contributed by atoms with E-state index in [1.54, 1.807) is 0 Å². The zero-order chi connectivity index (χ0) is 28.8. The van der Waals surface area contributed by atoms with Gasteiger partial charge in [-0.05, 0) is 72.7 Å². The van der Waals surface area contributed by atoms with Gasteiger partial charge in [-0.3, -0.25) is 14.4 Å². The number of nitriles is 1. The first kappa shape index (κ1) is 27.1. The molecule has 1 saturated heterocycles. The number of nitrogens with zero attached hydrogens (tertiary/aromatic N) is 1. The normalized spacial score (nSPS) is 52.5. The van der Waals surface area contributed by atoms with E-state index in [-0.39, 0.29) is 40.7 Å². The summed E-state index contributed by atoms with van der Waals surface area (Å²) >= 11 is 0. The molecule has 39 heavy (non-hydrogen) atoms. The molecular weight excluding hydrogens is 494 g/mol. The van der Waals surface area contributed by atoms with Crippen LogP contribution in [0.1, 0.15) is 87.0 Å². The summed E-state index contributed by atoms with van der Waals surface area (Å²) < 4.78 is 11.4. The van der Waals surface area contributed by atoms with Gasteiger partial charge in [0, 0.05) is 16.7 Å². The fourth-order valence-electron chi connectivity index (χ4n) is 11.0. The lowest BCUT2D eigenvalue weighted by atomic mass is 9.33. The number of carbonyl (C=O) groups is 3. The van der Waals surface area contributed by atoms with E-state index < -0.39 is 44.9 Å². The molecule has 0 amide bonds. The minimum Gasteiger partial charge on any atom is -0.469 e. The summed E-state index contributed by atoms with van der Waals surface area (Å²) in [4.78, 5) is 41.4. The molecule has 4 saturated carbocycles. The van der Waals surface area contributed by atoms with Crippen LogP contribution in [0.4, 0.5) is 0 Å². The number of methoxy groups -OCH3 is 1.